The van der Waals surface area contributed by atoms with Crippen LogP contribution >= 0.6 is 0 Å². The number of hydrogen-bond donors (Lipinski definition) is 0. The van der Waals surface area contributed by atoms with Crippen molar-refractivity contribution in [2.45, 2.75) is 0 Å². The lowest BCUT2D eigenvalue weighted by Crippen LogP contribution is -1.94. The third kappa shape index (κ3) is 6.99. The molecule has 0 aliphatic rings. The zero-order chi connectivity index (χ0) is 52.4. The number of nitrogens with zero attached hydrogens (tertiary/aromatic N) is 6. The Hall–Kier alpha value is -11.1. The Morgan fingerprint density at radius 2 is 0.662 bits per heavy atom. The van der Waals surface area contributed by atoms with Crippen molar-refractivity contribution in [3.8, 4) is 79.4 Å². The maximum Gasteiger partial charge on any atom is 0.227 e. The normalized spacial score (nSPS) is 12.0. The van der Waals surface area contributed by atoms with Crippen molar-refractivity contribution < 1.29 is 17.7 Å². The van der Waals surface area contributed by atoms with Gasteiger partial charge in [0.05, 0.1) is 22.1 Å². The lowest BCUT2D eigenvalue weighted by Gasteiger charge is -2.10. The maximum absolute atomic E-state index is 6.67. The molecule has 0 saturated carbocycles. The highest BCUT2D eigenvalue weighted by atomic mass is 16.4. The second-order valence-corrected chi connectivity index (χ2v) is 20.2. The van der Waals surface area contributed by atoms with E-state index in [1.54, 1.807) is 0 Å². The van der Waals surface area contributed by atoms with Crippen molar-refractivity contribution in [1.29, 1.82) is 0 Å². The fourth-order valence-corrected chi connectivity index (χ4v) is 11.7. The molecule has 0 aliphatic heterocycles. The molecule has 0 fully saturated rings. The van der Waals surface area contributed by atoms with E-state index < -0.39 is 0 Å². The monoisotopic (exact) mass is 1030 g/mol. The number of benzene rings is 11. The molecule has 0 radical (unpaired) electrons. The van der Waals surface area contributed by atoms with Gasteiger partial charge in [-0.3, -0.25) is 0 Å². The summed E-state index contributed by atoms with van der Waals surface area (Å²) < 4.78 is 30.5. The van der Waals surface area contributed by atoms with E-state index >= 15 is 0 Å². The first-order chi connectivity index (χ1) is 39.6. The highest BCUT2D eigenvalue weighted by Crippen LogP contribution is 2.42. The van der Waals surface area contributed by atoms with Gasteiger partial charge in [-0.1, -0.05) is 103 Å². The van der Waals surface area contributed by atoms with Crippen LogP contribution in [0.2, 0.25) is 0 Å². The topological polar surface area (TPSA) is 114 Å². The van der Waals surface area contributed by atoms with Crippen molar-refractivity contribution in [2.24, 2.45) is 0 Å². The van der Waals surface area contributed by atoms with Crippen LogP contribution in [-0.2, 0) is 0 Å². The number of oxazole rings is 4. The van der Waals surface area contributed by atoms with Gasteiger partial charge in [0, 0.05) is 60.7 Å². The zero-order valence-electron chi connectivity index (χ0n) is 42.4. The lowest BCUT2D eigenvalue weighted by molar-refractivity contribution is 0.619. The van der Waals surface area contributed by atoms with Crippen LogP contribution in [0.5, 0.6) is 0 Å². The minimum atomic E-state index is 0.518. The van der Waals surface area contributed by atoms with Crippen LogP contribution in [0, 0.1) is 0 Å². The van der Waals surface area contributed by atoms with E-state index in [0.717, 1.165) is 133 Å². The van der Waals surface area contributed by atoms with Crippen molar-refractivity contribution in [2.75, 3.05) is 0 Å². The van der Waals surface area contributed by atoms with Gasteiger partial charge >= 0.3 is 0 Å². The molecule has 0 spiro atoms. The van der Waals surface area contributed by atoms with Crippen LogP contribution in [0.4, 0.5) is 0 Å². The molecule has 374 valence electrons. The molecule has 0 amide bonds. The van der Waals surface area contributed by atoms with E-state index in [1.165, 1.54) is 0 Å². The first kappa shape index (κ1) is 44.1. The minimum absolute atomic E-state index is 0.518. The Kier molecular flexibility index (Phi) is 9.48. The van der Waals surface area contributed by atoms with Crippen LogP contribution in [0.25, 0.3) is 167 Å². The molecule has 17 rings (SSSR count). The molecule has 11 aromatic carbocycles. The van der Waals surface area contributed by atoms with Crippen LogP contribution < -0.4 is 0 Å². The van der Waals surface area contributed by atoms with Gasteiger partial charge in [-0.2, -0.15) is 0 Å². The highest BCUT2D eigenvalue weighted by molar-refractivity contribution is 6.13. The van der Waals surface area contributed by atoms with E-state index in [9.17, 15) is 0 Å². The number of aromatic nitrogens is 6. The minimum Gasteiger partial charge on any atom is -0.436 e. The molecule has 0 aliphatic carbocycles. The molecule has 6 aromatic heterocycles. The molecule has 0 bridgehead atoms. The Morgan fingerprint density at radius 3 is 1.23 bits per heavy atom. The van der Waals surface area contributed by atoms with E-state index in [1.807, 2.05) is 84.9 Å². The zero-order valence-corrected chi connectivity index (χ0v) is 42.4. The smallest absolute Gasteiger partial charge is 0.227 e. The Labute approximate surface area is 454 Å². The summed E-state index contributed by atoms with van der Waals surface area (Å²) >= 11 is 0. The fourth-order valence-electron chi connectivity index (χ4n) is 11.7. The van der Waals surface area contributed by atoms with Crippen LogP contribution in [0.1, 0.15) is 0 Å². The summed E-state index contributed by atoms with van der Waals surface area (Å²) in [5.74, 6) is 2.19. The predicted molar refractivity (Wildman–Crippen MR) is 318 cm³/mol. The lowest BCUT2D eigenvalue weighted by atomic mass is 10.0. The van der Waals surface area contributed by atoms with Gasteiger partial charge in [-0.25, -0.2) is 19.9 Å². The number of para-hydroxylation sites is 6. The summed E-state index contributed by atoms with van der Waals surface area (Å²) in [4.78, 5) is 20.0. The molecular weight excluding hydrogens is 989 g/mol. The Balaban J connectivity index is 0.752. The molecule has 6 heterocycles. The standard InChI is InChI=1S/C70H40N6O4/c1-3-13-41(14-4-1)42-15-11-18-49(35-42)76-60-33-28-45(68-72-56-21-8-10-23-63(56)78-68)37-53(60)54-39-47(29-34-61(54)76)70-74-66-50(19-12-24-64(66)79-70)43-25-30-57-65(40-43)80-69(73-57)46-27-32-59-52(38-46)51-36-44(67-71-55-20-7-9-22-62(55)77-67)26-31-58(51)75(59)48-16-5-2-6-17-48/h1-40H. The summed E-state index contributed by atoms with van der Waals surface area (Å²) in [5.41, 5.74) is 20.0. The first-order valence-corrected chi connectivity index (χ1v) is 26.5. The molecule has 0 N–H and O–H groups in total. The van der Waals surface area contributed by atoms with Gasteiger partial charge in [-0.15, -0.1) is 0 Å². The van der Waals surface area contributed by atoms with E-state index in [0.29, 0.717) is 34.7 Å². The number of fused-ring (bicyclic) bond motifs is 10. The number of hydrogen-bond acceptors (Lipinski definition) is 8. The predicted octanol–water partition coefficient (Wildman–Crippen LogP) is 18.4. The first-order valence-electron chi connectivity index (χ1n) is 26.5. The SMILES string of the molecule is c1ccc(-c2cccc(-n3c4ccc(-c5nc6ccccc6o5)cc4c4cc(-c5nc6c(-c7ccc8nc(-c9ccc%10c(c9)c9cc(-c%11nc%12ccccc%12o%11)ccc9n%10-c9ccccc9)oc8c7)cccc6o5)ccc43)c2)cc1. The van der Waals surface area contributed by atoms with Gasteiger partial charge in [0.15, 0.2) is 22.3 Å². The second-order valence-electron chi connectivity index (χ2n) is 20.2. The molecular formula is C70H40N6O4. The van der Waals surface area contributed by atoms with E-state index in [4.69, 9.17) is 37.6 Å². The summed E-state index contributed by atoms with van der Waals surface area (Å²) in [6, 6.07) is 83.2. The van der Waals surface area contributed by atoms with Crippen LogP contribution in [0.15, 0.2) is 260 Å². The van der Waals surface area contributed by atoms with E-state index in [-0.39, 0.29) is 0 Å². The largest absolute Gasteiger partial charge is 0.436 e. The fraction of sp³-hybridized carbons (Fsp3) is 0. The molecule has 0 saturated heterocycles. The van der Waals surface area contributed by atoms with Gasteiger partial charge in [-0.05, 0) is 156 Å². The summed E-state index contributed by atoms with van der Waals surface area (Å²) in [6.07, 6.45) is 0. The molecule has 17 aromatic rings. The van der Waals surface area contributed by atoms with Crippen LogP contribution in [-0.4, -0.2) is 29.1 Å². The van der Waals surface area contributed by atoms with E-state index in [2.05, 4.69) is 167 Å². The third-order valence-corrected chi connectivity index (χ3v) is 15.5. The van der Waals surface area contributed by atoms with Crippen molar-refractivity contribution in [3.05, 3.63) is 243 Å². The van der Waals surface area contributed by atoms with Gasteiger partial charge < -0.3 is 26.8 Å². The average molecular weight is 1030 g/mol. The molecule has 0 atom stereocenters. The molecule has 10 nitrogen and oxygen atoms in total. The number of rotatable bonds is 8. The van der Waals surface area contributed by atoms with Crippen molar-refractivity contribution in [1.82, 2.24) is 29.1 Å². The molecule has 0 unspecified atom stereocenters. The third-order valence-electron chi connectivity index (χ3n) is 15.5. The summed E-state index contributed by atoms with van der Waals surface area (Å²) in [7, 11) is 0. The van der Waals surface area contributed by atoms with Gasteiger partial charge in [0.2, 0.25) is 23.6 Å². The van der Waals surface area contributed by atoms with Gasteiger partial charge in [0.1, 0.15) is 22.1 Å². The molecule has 80 heavy (non-hydrogen) atoms. The summed E-state index contributed by atoms with van der Waals surface area (Å²) in [5, 5.41) is 4.21. The molecule has 10 heteroatoms. The Bertz CT molecular complexity index is 5260. The Morgan fingerprint density at radius 1 is 0.250 bits per heavy atom. The second kappa shape index (κ2) is 17.2. The quantitative estimate of drug-likeness (QED) is 0.148. The highest BCUT2D eigenvalue weighted by Gasteiger charge is 2.22. The average Bonchev–Trinajstić information content (AvgIpc) is 4.59. The van der Waals surface area contributed by atoms with Gasteiger partial charge in [0.25, 0.3) is 0 Å². The van der Waals surface area contributed by atoms with Crippen molar-refractivity contribution in [3.63, 3.8) is 0 Å². The van der Waals surface area contributed by atoms with Crippen LogP contribution in [0.3, 0.4) is 0 Å². The summed E-state index contributed by atoms with van der Waals surface area (Å²) in [6.45, 7) is 0. The van der Waals surface area contributed by atoms with Crippen molar-refractivity contribution >= 4 is 88.0 Å². The maximum atomic E-state index is 6.67.